The van der Waals surface area contributed by atoms with Crippen LogP contribution in [0.2, 0.25) is 0 Å². The minimum absolute atomic E-state index is 0.277. The number of hydrogen-bond donors (Lipinski definition) is 4. The predicted molar refractivity (Wildman–Crippen MR) is 77.4 cm³/mol. The summed E-state index contributed by atoms with van der Waals surface area (Å²) < 4.78 is 97.6. The van der Waals surface area contributed by atoms with Crippen molar-refractivity contribution in [1.29, 1.82) is 0 Å². The molecule has 24 heavy (non-hydrogen) atoms. The Kier molecular flexibility index (Phi) is 4.24. The van der Waals surface area contributed by atoms with E-state index in [-0.39, 0.29) is 6.07 Å². The molecule has 4 N–H and O–H groups in total. The van der Waals surface area contributed by atoms with E-state index < -0.39 is 62.7 Å². The monoisotopic (exact) mass is 400 g/mol. The predicted octanol–water partition coefficient (Wildman–Crippen LogP) is 0.220. The maximum atomic E-state index is 11.4. The fourth-order valence-corrected chi connectivity index (χ4v) is 3.67. The first kappa shape index (κ1) is 18.4. The van der Waals surface area contributed by atoms with Crippen molar-refractivity contribution in [2.75, 3.05) is 0 Å². The molecule has 0 aliphatic heterocycles. The van der Waals surface area contributed by atoms with Gasteiger partial charge in [0.15, 0.2) is 0 Å². The van der Waals surface area contributed by atoms with Gasteiger partial charge in [0, 0.05) is 10.8 Å². The molecule has 0 fully saturated rings. The lowest BCUT2D eigenvalue weighted by atomic mass is 10.1. The van der Waals surface area contributed by atoms with E-state index in [4.69, 9.17) is 9.11 Å². The van der Waals surface area contributed by atoms with E-state index in [1.54, 1.807) is 0 Å². The van der Waals surface area contributed by atoms with E-state index in [9.17, 15) is 34.9 Å². The minimum Gasteiger partial charge on any atom is -0.506 e. The van der Waals surface area contributed by atoms with Crippen molar-refractivity contribution in [3.63, 3.8) is 0 Å². The van der Waals surface area contributed by atoms with E-state index in [2.05, 4.69) is 4.18 Å². The van der Waals surface area contributed by atoms with Gasteiger partial charge in [-0.3, -0.25) is 13.7 Å². The van der Waals surface area contributed by atoms with Gasteiger partial charge in [0.1, 0.15) is 21.3 Å². The van der Waals surface area contributed by atoms with Gasteiger partial charge in [-0.25, -0.2) is 0 Å². The SMILES string of the molecule is O=S(=O)(O)Oc1ccc2c(O)c(S(=O)(=O)O)cc(S(=O)(=O)O)c2c1. The molecule has 0 amide bonds. The number of hydrogen-bond acceptors (Lipinski definition) is 8. The third-order valence-electron chi connectivity index (χ3n) is 2.76. The molecular weight excluding hydrogens is 392 g/mol. The van der Waals surface area contributed by atoms with Crippen LogP contribution in [0.25, 0.3) is 10.8 Å². The molecule has 2 aromatic carbocycles. The lowest BCUT2D eigenvalue weighted by Gasteiger charge is -2.11. The second-order valence-corrected chi connectivity index (χ2v) is 8.19. The quantitative estimate of drug-likeness (QED) is 0.513. The average molecular weight is 400 g/mol. The van der Waals surface area contributed by atoms with Crippen LogP contribution in [-0.4, -0.2) is 44.0 Å². The lowest BCUT2D eigenvalue weighted by molar-refractivity contribution is 0.387. The van der Waals surface area contributed by atoms with Gasteiger partial charge in [-0.1, -0.05) is 0 Å². The number of benzene rings is 2. The zero-order valence-corrected chi connectivity index (χ0v) is 13.6. The molecule has 2 rings (SSSR count). The molecule has 0 atom stereocenters. The Balaban J connectivity index is 2.97. The van der Waals surface area contributed by atoms with Crippen LogP contribution in [0.15, 0.2) is 34.1 Å². The van der Waals surface area contributed by atoms with Gasteiger partial charge in [-0.15, -0.1) is 0 Å². The number of fused-ring (bicyclic) bond motifs is 1. The number of phenols is 1. The molecule has 0 aliphatic carbocycles. The fraction of sp³-hybridized carbons (Fsp3) is 0. The van der Waals surface area contributed by atoms with Crippen LogP contribution in [0, 0.1) is 0 Å². The van der Waals surface area contributed by atoms with Crippen LogP contribution < -0.4 is 4.18 Å². The molecule has 11 nitrogen and oxygen atoms in total. The summed E-state index contributed by atoms with van der Waals surface area (Å²) in [7, 11) is -15.0. The molecule has 0 radical (unpaired) electrons. The molecule has 0 aliphatic rings. The van der Waals surface area contributed by atoms with Crippen molar-refractivity contribution < 1.29 is 48.2 Å². The van der Waals surface area contributed by atoms with E-state index in [0.717, 1.165) is 12.1 Å². The van der Waals surface area contributed by atoms with Crippen LogP contribution >= 0.6 is 0 Å². The average Bonchev–Trinajstić information content (AvgIpc) is 2.33. The third-order valence-corrected chi connectivity index (χ3v) is 4.93. The highest BCUT2D eigenvalue weighted by molar-refractivity contribution is 7.87. The summed E-state index contributed by atoms with van der Waals surface area (Å²) in [6, 6.07) is 2.70. The van der Waals surface area contributed by atoms with Crippen molar-refractivity contribution in [1.82, 2.24) is 0 Å². The summed E-state index contributed by atoms with van der Waals surface area (Å²) in [5, 5.41) is 8.89. The van der Waals surface area contributed by atoms with Crippen LogP contribution in [0.4, 0.5) is 0 Å². The molecule has 0 saturated heterocycles. The molecule has 0 aromatic heterocycles. The second kappa shape index (κ2) is 5.54. The van der Waals surface area contributed by atoms with Gasteiger partial charge in [-0.2, -0.15) is 25.3 Å². The Labute approximate surface area is 135 Å². The summed E-state index contributed by atoms with van der Waals surface area (Å²) >= 11 is 0. The van der Waals surface area contributed by atoms with Crippen molar-refractivity contribution in [2.45, 2.75) is 9.79 Å². The van der Waals surface area contributed by atoms with E-state index in [0.29, 0.717) is 6.07 Å². The molecule has 132 valence electrons. The maximum absolute atomic E-state index is 11.4. The summed E-state index contributed by atoms with van der Waals surface area (Å²) in [6.07, 6.45) is 0. The van der Waals surface area contributed by atoms with Crippen LogP contribution in [0.5, 0.6) is 11.5 Å². The summed E-state index contributed by atoms with van der Waals surface area (Å²) in [4.78, 5) is -2.24. The first-order valence-corrected chi connectivity index (χ1v) is 9.86. The first-order chi connectivity index (χ1) is 10.7. The molecule has 14 heteroatoms. The van der Waals surface area contributed by atoms with Crippen LogP contribution in [-0.2, 0) is 30.6 Å². The standard InChI is InChI=1S/C10H8O11S3/c11-10-6-2-1-5(21-24(18,19)20)3-7(6)8(22(12,13)14)4-9(10)23(15,16)17/h1-4,11H,(H,12,13,14)(H,15,16,17)(H,18,19,20). The smallest absolute Gasteiger partial charge is 0.446 e. The van der Waals surface area contributed by atoms with Crippen molar-refractivity contribution in [3.05, 3.63) is 24.3 Å². The zero-order valence-electron chi connectivity index (χ0n) is 11.2. The largest absolute Gasteiger partial charge is 0.506 e. The molecule has 0 bridgehead atoms. The maximum Gasteiger partial charge on any atom is 0.446 e. The van der Waals surface area contributed by atoms with Gasteiger partial charge >= 0.3 is 10.4 Å². The van der Waals surface area contributed by atoms with Gasteiger partial charge in [0.2, 0.25) is 0 Å². The molecule has 0 saturated carbocycles. The Morgan fingerprint density at radius 3 is 1.75 bits per heavy atom. The van der Waals surface area contributed by atoms with Crippen molar-refractivity contribution >= 4 is 41.4 Å². The summed E-state index contributed by atoms with van der Waals surface area (Å²) in [5.74, 6) is -1.63. The number of phenolic OH excluding ortho intramolecular Hbond substituents is 1. The molecule has 2 aromatic rings. The topological polar surface area (TPSA) is 193 Å². The zero-order chi connectivity index (χ0) is 18.5. The van der Waals surface area contributed by atoms with Crippen LogP contribution in [0.3, 0.4) is 0 Å². The lowest BCUT2D eigenvalue weighted by Crippen LogP contribution is -2.07. The normalized spacial score (nSPS) is 13.1. The molecular formula is C10H8O11S3. The summed E-state index contributed by atoms with van der Waals surface area (Å²) in [6.45, 7) is 0. The molecule has 0 spiro atoms. The van der Waals surface area contributed by atoms with Gasteiger partial charge in [0.05, 0.1) is 0 Å². The van der Waals surface area contributed by atoms with Crippen molar-refractivity contribution in [2.24, 2.45) is 0 Å². The number of rotatable bonds is 4. The Morgan fingerprint density at radius 1 is 0.750 bits per heavy atom. The van der Waals surface area contributed by atoms with E-state index in [1.165, 1.54) is 0 Å². The number of aromatic hydroxyl groups is 1. The Bertz CT molecular complexity index is 1140. The van der Waals surface area contributed by atoms with Gasteiger partial charge in [-0.05, 0) is 24.3 Å². The first-order valence-electron chi connectivity index (χ1n) is 5.62. The minimum atomic E-state index is -5.04. The van der Waals surface area contributed by atoms with E-state index >= 15 is 0 Å². The molecule has 0 heterocycles. The Morgan fingerprint density at radius 2 is 1.29 bits per heavy atom. The highest BCUT2D eigenvalue weighted by atomic mass is 32.3. The Hall–Kier alpha value is -1.97. The van der Waals surface area contributed by atoms with Gasteiger partial charge < -0.3 is 9.29 Å². The fourth-order valence-electron chi connectivity index (χ4n) is 1.92. The van der Waals surface area contributed by atoms with Gasteiger partial charge in [0.25, 0.3) is 20.2 Å². The third kappa shape index (κ3) is 3.74. The summed E-state index contributed by atoms with van der Waals surface area (Å²) in [5.41, 5.74) is 0. The van der Waals surface area contributed by atoms with Crippen LogP contribution in [0.1, 0.15) is 0 Å². The molecule has 0 unspecified atom stereocenters. The van der Waals surface area contributed by atoms with E-state index in [1.807, 2.05) is 0 Å². The second-order valence-electron chi connectivity index (χ2n) is 4.39. The highest BCUT2D eigenvalue weighted by Gasteiger charge is 2.25. The highest BCUT2D eigenvalue weighted by Crippen LogP contribution is 2.38. The van der Waals surface area contributed by atoms with Crippen molar-refractivity contribution in [3.8, 4) is 11.5 Å².